The molecule has 0 aliphatic heterocycles. The van der Waals surface area contributed by atoms with Gasteiger partial charge < -0.3 is 9.47 Å². The smallest absolute Gasteiger partial charge is 0.340 e. The van der Waals surface area contributed by atoms with Crippen LogP contribution in [0.4, 0.5) is 5.69 Å². The third-order valence-electron chi connectivity index (χ3n) is 2.45. The summed E-state index contributed by atoms with van der Waals surface area (Å²) in [4.78, 5) is 22.1. The molecule has 0 heterocycles. The molecule has 2 rings (SSSR count). The van der Waals surface area contributed by atoms with Gasteiger partial charge >= 0.3 is 5.97 Å². The third-order valence-corrected chi connectivity index (χ3v) is 2.45. The molecule has 96 valence electrons. The van der Waals surface area contributed by atoms with Crippen molar-refractivity contribution in [1.29, 1.82) is 0 Å². The molecule has 2 aromatic carbocycles. The van der Waals surface area contributed by atoms with Gasteiger partial charge in [-0.1, -0.05) is 18.2 Å². The van der Waals surface area contributed by atoms with Gasteiger partial charge in [-0.15, -0.1) is 4.91 Å². The second-order valence-electron chi connectivity index (χ2n) is 3.68. The topological polar surface area (TPSA) is 65.0 Å². The SMILES string of the molecule is COC(=O)c1cc(Oc2ccccc2)ccc1N=O. The lowest BCUT2D eigenvalue weighted by Crippen LogP contribution is -2.01. The van der Waals surface area contributed by atoms with Crippen molar-refractivity contribution >= 4 is 11.7 Å². The molecule has 0 amide bonds. The summed E-state index contributed by atoms with van der Waals surface area (Å²) in [6.45, 7) is 0. The van der Waals surface area contributed by atoms with Crippen LogP contribution in [-0.4, -0.2) is 13.1 Å². The molecule has 0 aliphatic rings. The minimum atomic E-state index is -0.631. The zero-order valence-corrected chi connectivity index (χ0v) is 10.2. The molecule has 0 radical (unpaired) electrons. The van der Waals surface area contributed by atoms with E-state index in [9.17, 15) is 9.70 Å². The number of carbonyl (C=O) groups excluding carboxylic acids is 1. The number of carbonyl (C=O) groups is 1. The van der Waals surface area contributed by atoms with Crippen LogP contribution in [0.5, 0.6) is 11.5 Å². The molecular formula is C14H11NO4. The zero-order valence-electron chi connectivity index (χ0n) is 10.2. The normalized spacial score (nSPS) is 9.74. The van der Waals surface area contributed by atoms with Crippen LogP contribution in [0.3, 0.4) is 0 Å². The highest BCUT2D eigenvalue weighted by molar-refractivity contribution is 5.95. The van der Waals surface area contributed by atoms with Gasteiger partial charge in [0.25, 0.3) is 0 Å². The van der Waals surface area contributed by atoms with Gasteiger partial charge in [0.05, 0.1) is 12.7 Å². The summed E-state index contributed by atoms with van der Waals surface area (Å²) < 4.78 is 10.2. The van der Waals surface area contributed by atoms with Gasteiger partial charge in [0.2, 0.25) is 0 Å². The quantitative estimate of drug-likeness (QED) is 0.619. The summed E-state index contributed by atoms with van der Waals surface area (Å²) in [6, 6.07) is 13.5. The Balaban J connectivity index is 2.33. The summed E-state index contributed by atoms with van der Waals surface area (Å²) in [5.41, 5.74) is 0.0955. The molecule has 0 unspecified atom stereocenters. The molecule has 0 spiro atoms. The van der Waals surface area contributed by atoms with Crippen LogP contribution in [0.25, 0.3) is 0 Å². The van der Waals surface area contributed by atoms with E-state index < -0.39 is 5.97 Å². The summed E-state index contributed by atoms with van der Waals surface area (Å²) in [5, 5.41) is 2.78. The largest absolute Gasteiger partial charge is 0.465 e. The number of esters is 1. The Bertz CT molecular complexity index is 596. The van der Waals surface area contributed by atoms with Gasteiger partial charge in [-0.2, -0.15) is 0 Å². The van der Waals surface area contributed by atoms with Crippen LogP contribution >= 0.6 is 0 Å². The first kappa shape index (κ1) is 12.8. The summed E-state index contributed by atoms with van der Waals surface area (Å²) in [6.07, 6.45) is 0. The first-order valence-corrected chi connectivity index (χ1v) is 5.53. The molecule has 2 aromatic rings. The van der Waals surface area contributed by atoms with E-state index in [2.05, 4.69) is 9.91 Å². The van der Waals surface area contributed by atoms with E-state index in [1.165, 1.54) is 19.2 Å². The Hall–Kier alpha value is -2.69. The maximum absolute atomic E-state index is 11.5. The van der Waals surface area contributed by atoms with Gasteiger partial charge in [-0.05, 0) is 35.5 Å². The molecule has 5 heteroatoms. The van der Waals surface area contributed by atoms with E-state index in [1.807, 2.05) is 18.2 Å². The summed E-state index contributed by atoms with van der Waals surface area (Å²) in [7, 11) is 1.24. The maximum atomic E-state index is 11.5. The van der Waals surface area contributed by atoms with Gasteiger partial charge in [0.15, 0.2) is 0 Å². The molecule has 0 bridgehead atoms. The lowest BCUT2D eigenvalue weighted by Gasteiger charge is -2.07. The fourth-order valence-electron chi connectivity index (χ4n) is 1.56. The van der Waals surface area contributed by atoms with Gasteiger partial charge in [0.1, 0.15) is 17.2 Å². The standard InChI is InChI=1S/C14H11NO4/c1-18-14(16)12-9-11(7-8-13(12)15-17)19-10-5-3-2-4-6-10/h2-9H,1H3. The number of hydrogen-bond donors (Lipinski definition) is 0. The van der Waals surface area contributed by atoms with E-state index in [1.54, 1.807) is 18.2 Å². The minimum Gasteiger partial charge on any atom is -0.465 e. The number of benzene rings is 2. The van der Waals surface area contributed by atoms with Crippen molar-refractivity contribution in [3.63, 3.8) is 0 Å². The van der Waals surface area contributed by atoms with E-state index in [4.69, 9.17) is 4.74 Å². The average molecular weight is 257 g/mol. The zero-order chi connectivity index (χ0) is 13.7. The number of nitrogens with zero attached hydrogens (tertiary/aromatic N) is 1. The van der Waals surface area contributed by atoms with Crippen molar-refractivity contribution in [2.45, 2.75) is 0 Å². The number of para-hydroxylation sites is 1. The van der Waals surface area contributed by atoms with Gasteiger partial charge in [0, 0.05) is 0 Å². The fraction of sp³-hybridized carbons (Fsp3) is 0.0714. The minimum absolute atomic E-state index is 0.0206. The predicted molar refractivity (Wildman–Crippen MR) is 69.8 cm³/mol. The van der Waals surface area contributed by atoms with Crippen LogP contribution in [0.2, 0.25) is 0 Å². The third kappa shape index (κ3) is 2.95. The van der Waals surface area contributed by atoms with Crippen LogP contribution in [0.15, 0.2) is 53.7 Å². The molecule has 0 aromatic heterocycles. The Kier molecular flexibility index (Phi) is 3.87. The molecule has 0 aliphatic carbocycles. The number of nitroso groups, excluding NO2 is 1. The molecule has 0 saturated carbocycles. The van der Waals surface area contributed by atoms with Gasteiger partial charge in [-0.3, -0.25) is 0 Å². The van der Waals surface area contributed by atoms with Crippen molar-refractivity contribution in [3.05, 3.63) is 59.0 Å². The molecular weight excluding hydrogens is 246 g/mol. The highest BCUT2D eigenvalue weighted by Gasteiger charge is 2.14. The van der Waals surface area contributed by atoms with Crippen LogP contribution in [0.1, 0.15) is 10.4 Å². The Labute approximate surface area is 109 Å². The van der Waals surface area contributed by atoms with Crippen LogP contribution in [0, 0.1) is 4.91 Å². The molecule has 0 atom stereocenters. The molecule has 5 nitrogen and oxygen atoms in total. The lowest BCUT2D eigenvalue weighted by atomic mass is 10.1. The monoisotopic (exact) mass is 257 g/mol. The number of methoxy groups -OCH3 is 1. The van der Waals surface area contributed by atoms with Crippen LogP contribution < -0.4 is 4.74 Å². The highest BCUT2D eigenvalue weighted by Crippen LogP contribution is 2.28. The molecule has 19 heavy (non-hydrogen) atoms. The van der Waals surface area contributed by atoms with E-state index >= 15 is 0 Å². The highest BCUT2D eigenvalue weighted by atomic mass is 16.5. The van der Waals surface area contributed by atoms with Crippen molar-refractivity contribution in [1.82, 2.24) is 0 Å². The first-order chi connectivity index (χ1) is 9.24. The summed E-state index contributed by atoms with van der Waals surface area (Å²) in [5.74, 6) is 0.428. The molecule has 0 N–H and O–H groups in total. The van der Waals surface area contributed by atoms with Crippen molar-refractivity contribution < 1.29 is 14.3 Å². The molecule has 0 saturated heterocycles. The van der Waals surface area contributed by atoms with Gasteiger partial charge in [-0.25, -0.2) is 4.79 Å². The maximum Gasteiger partial charge on any atom is 0.340 e. The van der Waals surface area contributed by atoms with E-state index in [0.29, 0.717) is 11.5 Å². The fourth-order valence-corrected chi connectivity index (χ4v) is 1.56. The molecule has 0 fully saturated rings. The second-order valence-corrected chi connectivity index (χ2v) is 3.68. The number of rotatable bonds is 4. The van der Waals surface area contributed by atoms with Crippen molar-refractivity contribution in [3.8, 4) is 11.5 Å². The Morgan fingerprint density at radius 1 is 1.05 bits per heavy atom. The first-order valence-electron chi connectivity index (χ1n) is 5.53. The summed E-state index contributed by atoms with van der Waals surface area (Å²) >= 11 is 0. The van der Waals surface area contributed by atoms with Crippen molar-refractivity contribution in [2.75, 3.05) is 7.11 Å². The van der Waals surface area contributed by atoms with Crippen molar-refractivity contribution in [2.24, 2.45) is 5.18 Å². The van der Waals surface area contributed by atoms with E-state index in [0.717, 1.165) is 0 Å². The van der Waals surface area contributed by atoms with E-state index in [-0.39, 0.29) is 11.3 Å². The average Bonchev–Trinajstić information content (AvgIpc) is 2.47. The van der Waals surface area contributed by atoms with Crippen LogP contribution in [-0.2, 0) is 4.74 Å². The number of ether oxygens (including phenoxy) is 2. The Morgan fingerprint density at radius 3 is 2.42 bits per heavy atom. The lowest BCUT2D eigenvalue weighted by molar-refractivity contribution is 0.0601. The Morgan fingerprint density at radius 2 is 1.79 bits per heavy atom. The predicted octanol–water partition coefficient (Wildman–Crippen LogP) is 3.66. The number of hydrogen-bond acceptors (Lipinski definition) is 5. The second kappa shape index (κ2) is 5.77.